The van der Waals surface area contributed by atoms with Crippen molar-refractivity contribution in [2.45, 2.75) is 6.18 Å². The van der Waals surface area contributed by atoms with Crippen LogP contribution in [-0.2, 0) is 6.18 Å². The van der Waals surface area contributed by atoms with Crippen LogP contribution in [0, 0.1) is 0 Å². The lowest BCUT2D eigenvalue weighted by Crippen LogP contribution is -2.14. The number of hydrogen-bond donors (Lipinski definition) is 1. The lowest BCUT2D eigenvalue weighted by Gasteiger charge is -2.12. The van der Waals surface area contributed by atoms with Crippen LogP contribution in [0.25, 0.3) is 17.1 Å². The Bertz CT molecular complexity index is 877. The van der Waals surface area contributed by atoms with Gasteiger partial charge in [-0.1, -0.05) is 0 Å². The molecule has 0 atom stereocenters. The molecule has 8 nitrogen and oxygen atoms in total. The van der Waals surface area contributed by atoms with Gasteiger partial charge in [-0.05, 0) is 34.7 Å². The molecule has 0 saturated heterocycles. The molecule has 0 fully saturated rings. The van der Waals surface area contributed by atoms with Crippen molar-refractivity contribution in [2.24, 2.45) is 0 Å². The van der Waals surface area contributed by atoms with Gasteiger partial charge in [-0.3, -0.25) is 0 Å². The minimum absolute atomic E-state index is 0.125. The fraction of sp³-hybridized carbons (Fsp3) is 0.214. The molecule has 11 heteroatoms. The minimum atomic E-state index is -4.69. The number of methoxy groups -OCH3 is 1. The third-order valence-corrected chi connectivity index (χ3v) is 3.31. The average molecular weight is 351 g/mol. The van der Waals surface area contributed by atoms with Crippen molar-refractivity contribution in [3.05, 3.63) is 36.2 Å². The van der Waals surface area contributed by atoms with Crippen molar-refractivity contribution < 1.29 is 17.9 Å². The second-order valence-electron chi connectivity index (χ2n) is 4.82. The molecule has 0 spiro atoms. The fourth-order valence-electron chi connectivity index (χ4n) is 2.13. The Labute approximate surface area is 139 Å². The molecule has 0 aliphatic rings. The van der Waals surface area contributed by atoms with E-state index in [0.29, 0.717) is 11.4 Å². The number of benzene rings is 1. The van der Waals surface area contributed by atoms with Gasteiger partial charge in [0, 0.05) is 13.2 Å². The number of aromatic nitrogens is 6. The number of nitrogens with one attached hydrogen (secondary N) is 1. The molecule has 0 aliphatic carbocycles. The molecule has 0 amide bonds. The number of ether oxygens (including phenoxy) is 1. The molecule has 2 heterocycles. The molecule has 0 bridgehead atoms. The van der Waals surface area contributed by atoms with E-state index in [1.54, 1.807) is 24.3 Å². The highest BCUT2D eigenvalue weighted by Crippen LogP contribution is 2.35. The van der Waals surface area contributed by atoms with Gasteiger partial charge < -0.3 is 10.1 Å². The Morgan fingerprint density at radius 1 is 1.16 bits per heavy atom. The van der Waals surface area contributed by atoms with E-state index in [2.05, 4.69) is 30.8 Å². The average Bonchev–Trinajstić information content (AvgIpc) is 3.10. The summed E-state index contributed by atoms with van der Waals surface area (Å²) in [5.41, 5.74) is -0.990. The van der Waals surface area contributed by atoms with Crippen molar-refractivity contribution in [3.8, 4) is 22.8 Å². The zero-order chi connectivity index (χ0) is 18.0. The molecule has 0 aliphatic heterocycles. The number of rotatable bonds is 4. The highest BCUT2D eigenvalue weighted by Gasteiger charge is 2.38. The lowest BCUT2D eigenvalue weighted by atomic mass is 10.2. The van der Waals surface area contributed by atoms with Gasteiger partial charge in [0.05, 0.1) is 18.4 Å². The molecular formula is C14H12F3N7O. The van der Waals surface area contributed by atoms with E-state index >= 15 is 0 Å². The quantitative estimate of drug-likeness (QED) is 0.770. The lowest BCUT2D eigenvalue weighted by molar-refractivity contribution is -0.140. The first-order valence-corrected chi connectivity index (χ1v) is 6.99. The Morgan fingerprint density at radius 2 is 1.88 bits per heavy atom. The molecule has 25 heavy (non-hydrogen) atoms. The van der Waals surface area contributed by atoms with E-state index < -0.39 is 11.9 Å². The SMILES string of the molecule is CNc1ncc(-c2nnnn2-c2ccc(OC)cc2)c(C(F)(F)F)n1. The summed E-state index contributed by atoms with van der Waals surface area (Å²) < 4.78 is 46.4. The molecule has 0 saturated carbocycles. The summed E-state index contributed by atoms with van der Waals surface area (Å²) in [6, 6.07) is 6.53. The van der Waals surface area contributed by atoms with Gasteiger partial charge in [0.25, 0.3) is 0 Å². The topological polar surface area (TPSA) is 90.6 Å². The highest BCUT2D eigenvalue weighted by atomic mass is 19.4. The van der Waals surface area contributed by atoms with Crippen LogP contribution in [-0.4, -0.2) is 44.3 Å². The van der Waals surface area contributed by atoms with E-state index in [-0.39, 0.29) is 17.3 Å². The maximum atomic E-state index is 13.4. The summed E-state index contributed by atoms with van der Waals surface area (Å²) in [5.74, 6) is 0.316. The number of hydrogen-bond acceptors (Lipinski definition) is 7. The number of alkyl halides is 3. The highest BCUT2D eigenvalue weighted by molar-refractivity contribution is 5.61. The Kier molecular flexibility index (Phi) is 4.21. The van der Waals surface area contributed by atoms with Crippen LogP contribution in [0.15, 0.2) is 30.5 Å². The van der Waals surface area contributed by atoms with Crippen molar-refractivity contribution in [1.82, 2.24) is 30.2 Å². The van der Waals surface area contributed by atoms with Gasteiger partial charge >= 0.3 is 6.18 Å². The van der Waals surface area contributed by atoms with E-state index in [1.807, 2.05) is 0 Å². The van der Waals surface area contributed by atoms with E-state index in [4.69, 9.17) is 4.74 Å². The Hall–Kier alpha value is -3.24. The Balaban J connectivity index is 2.14. The first-order chi connectivity index (χ1) is 11.9. The number of tetrazole rings is 1. The van der Waals surface area contributed by atoms with Gasteiger partial charge in [0.1, 0.15) is 5.75 Å². The van der Waals surface area contributed by atoms with Crippen LogP contribution in [0.2, 0.25) is 0 Å². The summed E-state index contributed by atoms with van der Waals surface area (Å²) in [5, 5.41) is 13.4. The summed E-state index contributed by atoms with van der Waals surface area (Å²) in [4.78, 5) is 7.34. The number of anilines is 1. The third kappa shape index (κ3) is 3.20. The van der Waals surface area contributed by atoms with Gasteiger partial charge in [-0.2, -0.15) is 17.9 Å². The molecule has 3 rings (SSSR count). The molecule has 0 radical (unpaired) electrons. The minimum Gasteiger partial charge on any atom is -0.497 e. The predicted octanol–water partition coefficient (Wildman–Crippen LogP) is 2.19. The number of nitrogens with zero attached hydrogens (tertiary/aromatic N) is 6. The smallest absolute Gasteiger partial charge is 0.434 e. The molecule has 2 aromatic heterocycles. The van der Waals surface area contributed by atoms with Gasteiger partial charge in [0.15, 0.2) is 11.5 Å². The van der Waals surface area contributed by atoms with Crippen molar-refractivity contribution >= 4 is 5.95 Å². The molecule has 0 unspecified atom stereocenters. The van der Waals surface area contributed by atoms with Crippen LogP contribution in [0.5, 0.6) is 5.75 Å². The largest absolute Gasteiger partial charge is 0.497 e. The summed E-state index contributed by atoms with van der Waals surface area (Å²) in [6.45, 7) is 0. The van der Waals surface area contributed by atoms with Crippen LogP contribution < -0.4 is 10.1 Å². The summed E-state index contributed by atoms with van der Waals surface area (Å²) in [6.07, 6.45) is -3.66. The second kappa shape index (κ2) is 6.34. The van der Waals surface area contributed by atoms with Crippen LogP contribution in [0.1, 0.15) is 5.69 Å². The first-order valence-electron chi connectivity index (χ1n) is 6.99. The molecule has 3 aromatic rings. The molecule has 130 valence electrons. The zero-order valence-electron chi connectivity index (χ0n) is 13.1. The second-order valence-corrected chi connectivity index (χ2v) is 4.82. The summed E-state index contributed by atoms with van der Waals surface area (Å²) in [7, 11) is 2.93. The van der Waals surface area contributed by atoms with Crippen molar-refractivity contribution in [3.63, 3.8) is 0 Å². The van der Waals surface area contributed by atoms with Crippen LogP contribution in [0.4, 0.5) is 19.1 Å². The molecule has 1 N–H and O–H groups in total. The Morgan fingerprint density at radius 3 is 2.48 bits per heavy atom. The van der Waals surface area contributed by atoms with Crippen molar-refractivity contribution in [1.29, 1.82) is 0 Å². The fourth-order valence-corrected chi connectivity index (χ4v) is 2.13. The molecule has 1 aromatic carbocycles. The number of halogens is 3. The van der Waals surface area contributed by atoms with Crippen LogP contribution >= 0.6 is 0 Å². The van der Waals surface area contributed by atoms with E-state index in [9.17, 15) is 13.2 Å². The van der Waals surface area contributed by atoms with Crippen molar-refractivity contribution in [2.75, 3.05) is 19.5 Å². The monoisotopic (exact) mass is 351 g/mol. The van der Waals surface area contributed by atoms with E-state index in [1.165, 1.54) is 18.8 Å². The maximum Gasteiger partial charge on any atom is 0.434 e. The van der Waals surface area contributed by atoms with Gasteiger partial charge in [-0.15, -0.1) is 5.10 Å². The van der Waals surface area contributed by atoms with Crippen LogP contribution in [0.3, 0.4) is 0 Å². The zero-order valence-corrected chi connectivity index (χ0v) is 13.1. The summed E-state index contributed by atoms with van der Waals surface area (Å²) >= 11 is 0. The molecular weight excluding hydrogens is 339 g/mol. The third-order valence-electron chi connectivity index (χ3n) is 3.31. The van der Waals surface area contributed by atoms with Gasteiger partial charge in [0.2, 0.25) is 5.95 Å². The van der Waals surface area contributed by atoms with E-state index in [0.717, 1.165) is 6.20 Å². The predicted molar refractivity (Wildman–Crippen MR) is 81.3 cm³/mol. The maximum absolute atomic E-state index is 13.4. The van der Waals surface area contributed by atoms with Gasteiger partial charge in [-0.25, -0.2) is 9.97 Å². The standard InChI is InChI=1S/C14H12F3N7O/c1-18-13-19-7-10(11(20-13)14(15,16)17)12-21-22-23-24(12)8-3-5-9(25-2)6-4-8/h3-7H,1-2H3,(H,18,19,20). The first kappa shape index (κ1) is 16.6. The normalized spacial score (nSPS) is 11.4.